The number of nitrogens with two attached hydrogens (primary N) is 1. The molecule has 0 unspecified atom stereocenters. The van der Waals surface area contributed by atoms with E-state index in [-0.39, 0.29) is 12.2 Å². The maximum absolute atomic E-state index is 11.9. The van der Waals surface area contributed by atoms with Crippen molar-refractivity contribution in [2.75, 3.05) is 26.2 Å². The molecule has 0 saturated carbocycles. The van der Waals surface area contributed by atoms with E-state index in [4.69, 9.17) is 9.47 Å². The number of amides is 1. The van der Waals surface area contributed by atoms with Gasteiger partial charge < -0.3 is 9.47 Å². The third kappa shape index (κ3) is 5.66. The Labute approximate surface area is 132 Å². The van der Waals surface area contributed by atoms with Gasteiger partial charge in [0.25, 0.3) is 0 Å². The van der Waals surface area contributed by atoms with Gasteiger partial charge in [-0.15, -0.1) is 0 Å². The molecule has 1 heterocycles. The second kappa shape index (κ2) is 8.76. The molecule has 1 aromatic carbocycles. The van der Waals surface area contributed by atoms with Gasteiger partial charge in [-0.05, 0) is 51.9 Å². The number of primary amides is 1. The number of hydrogen-bond acceptors (Lipinski definition) is 4. The van der Waals surface area contributed by atoms with Crippen molar-refractivity contribution >= 4 is 11.8 Å². The highest BCUT2D eigenvalue weighted by molar-refractivity contribution is 5.59. The molecule has 5 nitrogen and oxygen atoms in total. The van der Waals surface area contributed by atoms with Crippen molar-refractivity contribution < 1.29 is 19.6 Å². The topological polar surface area (TPSA) is 55.4 Å². The van der Waals surface area contributed by atoms with Crippen LogP contribution in [0.4, 0.5) is 10.5 Å². The Morgan fingerprint density at radius 2 is 1.91 bits per heavy atom. The van der Waals surface area contributed by atoms with Gasteiger partial charge in [0.05, 0.1) is 6.61 Å². The van der Waals surface area contributed by atoms with Crippen LogP contribution in [0.3, 0.4) is 0 Å². The van der Waals surface area contributed by atoms with E-state index in [0.717, 1.165) is 31.1 Å². The fourth-order valence-electron chi connectivity index (χ4n) is 2.74. The molecule has 0 spiro atoms. The zero-order valence-corrected chi connectivity index (χ0v) is 13.6. The van der Waals surface area contributed by atoms with Crippen LogP contribution in [0.15, 0.2) is 24.3 Å². The van der Waals surface area contributed by atoms with Gasteiger partial charge in [0, 0.05) is 18.7 Å². The number of carbonyl (C=O) groups excluding carboxylic acids is 1. The first-order chi connectivity index (χ1) is 10.7. The Balaban J connectivity index is 1.74. The van der Waals surface area contributed by atoms with Gasteiger partial charge in [-0.25, -0.2) is 5.32 Å². The van der Waals surface area contributed by atoms with Crippen LogP contribution in [-0.4, -0.2) is 43.3 Å². The number of nitrogens with zero attached hydrogens (tertiary/aromatic N) is 1. The molecule has 5 heteroatoms. The standard InChI is InChI=1S/C17H26N2O3/c1-3-21-16-9-7-15(8-10-16)18-17(20)22-14(2)13-19-11-5-4-6-12-19/h7-10,14H,3-6,11-13H2,1-2H3,(H,18,20)/p+1/t14-/m0/s1. The number of carbonyl (C=O) groups is 1. The number of piperidine rings is 1. The van der Waals surface area contributed by atoms with Gasteiger partial charge in [0.15, 0.2) is 0 Å². The first-order valence-corrected chi connectivity index (χ1v) is 8.18. The van der Waals surface area contributed by atoms with Crippen molar-refractivity contribution in [1.29, 1.82) is 0 Å². The second-order valence-corrected chi connectivity index (χ2v) is 5.76. The van der Waals surface area contributed by atoms with E-state index in [0.29, 0.717) is 6.61 Å². The normalized spacial score (nSPS) is 17.0. The Morgan fingerprint density at radius 1 is 1.23 bits per heavy atom. The molecule has 1 fully saturated rings. The van der Waals surface area contributed by atoms with E-state index in [2.05, 4.69) is 4.90 Å². The minimum Gasteiger partial charge on any atom is -0.494 e. The Hall–Kier alpha value is -1.59. The minimum atomic E-state index is -0.284. The summed E-state index contributed by atoms with van der Waals surface area (Å²) in [6.45, 7) is 7.59. The molecule has 1 aliphatic heterocycles. The van der Waals surface area contributed by atoms with Crippen LogP contribution in [0.25, 0.3) is 0 Å². The zero-order chi connectivity index (χ0) is 15.8. The zero-order valence-electron chi connectivity index (χ0n) is 13.6. The summed E-state index contributed by atoms with van der Waals surface area (Å²) in [5, 5.41) is 1.53. The van der Waals surface area contributed by atoms with Crippen LogP contribution >= 0.6 is 0 Å². The van der Waals surface area contributed by atoms with Crippen LogP contribution in [0, 0.1) is 0 Å². The number of benzene rings is 1. The van der Waals surface area contributed by atoms with Gasteiger partial charge in [0.1, 0.15) is 17.5 Å². The predicted molar refractivity (Wildman–Crippen MR) is 85.4 cm³/mol. The summed E-state index contributed by atoms with van der Waals surface area (Å²) < 4.78 is 10.8. The summed E-state index contributed by atoms with van der Waals surface area (Å²) in [5.74, 6) is 0.812. The van der Waals surface area contributed by atoms with Gasteiger partial charge >= 0.3 is 6.09 Å². The van der Waals surface area contributed by atoms with E-state index in [9.17, 15) is 4.79 Å². The third-order valence-corrected chi connectivity index (χ3v) is 3.76. The summed E-state index contributed by atoms with van der Waals surface area (Å²) in [6.07, 6.45) is 3.45. The first kappa shape index (κ1) is 16.8. The van der Waals surface area contributed by atoms with Gasteiger partial charge in [-0.2, -0.15) is 4.79 Å². The predicted octanol–water partition coefficient (Wildman–Crippen LogP) is 2.29. The van der Waals surface area contributed by atoms with Crippen LogP contribution < -0.4 is 10.1 Å². The second-order valence-electron chi connectivity index (χ2n) is 5.76. The Kier molecular flexibility index (Phi) is 6.68. The first-order valence-electron chi connectivity index (χ1n) is 8.18. The molecule has 0 bridgehead atoms. The maximum Gasteiger partial charge on any atom is 0.518 e. The quantitative estimate of drug-likeness (QED) is 0.819. The van der Waals surface area contributed by atoms with Gasteiger partial charge in [-0.3, -0.25) is 4.90 Å². The van der Waals surface area contributed by atoms with Gasteiger partial charge in [-0.1, -0.05) is 6.42 Å². The van der Waals surface area contributed by atoms with Crippen molar-refractivity contribution in [2.24, 2.45) is 0 Å². The molecule has 0 radical (unpaired) electrons. The highest BCUT2D eigenvalue weighted by atomic mass is 16.6. The SMILES string of the molecule is CCOc1ccc([NH2+]C(=O)O[C@@H](C)CN2CCCCC2)cc1. The summed E-state index contributed by atoms with van der Waals surface area (Å²) in [6, 6.07) is 7.45. The van der Waals surface area contributed by atoms with Crippen molar-refractivity contribution in [2.45, 2.75) is 39.2 Å². The maximum atomic E-state index is 11.9. The fourth-order valence-corrected chi connectivity index (χ4v) is 2.74. The Bertz CT molecular complexity index is 455. The number of hydrogen-bond donors (Lipinski definition) is 1. The largest absolute Gasteiger partial charge is 0.518 e. The lowest BCUT2D eigenvalue weighted by Crippen LogP contribution is -2.82. The third-order valence-electron chi connectivity index (χ3n) is 3.76. The van der Waals surface area contributed by atoms with E-state index < -0.39 is 0 Å². The van der Waals surface area contributed by atoms with Crippen LogP contribution in [0.1, 0.15) is 33.1 Å². The molecule has 2 N–H and O–H groups in total. The van der Waals surface area contributed by atoms with Gasteiger partial charge in [0.2, 0.25) is 0 Å². The molecule has 1 amide bonds. The summed E-state index contributed by atoms with van der Waals surface area (Å²) in [4.78, 5) is 14.3. The molecule has 1 saturated heterocycles. The lowest BCUT2D eigenvalue weighted by molar-refractivity contribution is -0.484. The van der Waals surface area contributed by atoms with Crippen LogP contribution in [0.5, 0.6) is 5.75 Å². The number of ether oxygens (including phenoxy) is 2. The number of quaternary nitrogens is 1. The van der Waals surface area contributed by atoms with E-state index in [1.165, 1.54) is 24.6 Å². The van der Waals surface area contributed by atoms with E-state index >= 15 is 0 Å². The number of likely N-dealkylation sites (tertiary alicyclic amines) is 1. The van der Waals surface area contributed by atoms with E-state index in [1.807, 2.05) is 38.1 Å². The molecule has 2 rings (SSSR count). The minimum absolute atomic E-state index is 0.0791. The van der Waals surface area contributed by atoms with Crippen LogP contribution in [-0.2, 0) is 4.74 Å². The molecule has 1 aromatic rings. The molecule has 0 aliphatic carbocycles. The Morgan fingerprint density at radius 3 is 2.55 bits per heavy atom. The summed E-state index contributed by atoms with van der Waals surface area (Å²) in [7, 11) is 0. The van der Waals surface area contributed by atoms with E-state index in [1.54, 1.807) is 0 Å². The number of rotatable bonds is 6. The molecule has 22 heavy (non-hydrogen) atoms. The molecule has 1 atom stereocenters. The molecule has 122 valence electrons. The van der Waals surface area contributed by atoms with Crippen molar-refractivity contribution in [3.63, 3.8) is 0 Å². The summed E-state index contributed by atoms with van der Waals surface area (Å²) in [5.41, 5.74) is 0.832. The molecular formula is C17H27N2O3+. The summed E-state index contributed by atoms with van der Waals surface area (Å²) >= 11 is 0. The molecule has 1 aliphatic rings. The van der Waals surface area contributed by atoms with Crippen molar-refractivity contribution in [1.82, 2.24) is 4.90 Å². The van der Waals surface area contributed by atoms with Crippen molar-refractivity contribution in [3.05, 3.63) is 24.3 Å². The molecule has 0 aromatic heterocycles. The fraction of sp³-hybridized carbons (Fsp3) is 0.588. The lowest BCUT2D eigenvalue weighted by Gasteiger charge is -2.28. The van der Waals surface area contributed by atoms with Crippen molar-refractivity contribution in [3.8, 4) is 5.75 Å². The van der Waals surface area contributed by atoms with Crippen LogP contribution in [0.2, 0.25) is 0 Å². The molecular weight excluding hydrogens is 280 g/mol. The average molecular weight is 307 g/mol. The monoisotopic (exact) mass is 307 g/mol. The lowest BCUT2D eigenvalue weighted by atomic mass is 10.1. The highest BCUT2D eigenvalue weighted by Crippen LogP contribution is 2.12. The average Bonchev–Trinajstić information content (AvgIpc) is 2.50. The highest BCUT2D eigenvalue weighted by Gasteiger charge is 2.18. The smallest absolute Gasteiger partial charge is 0.494 e.